The van der Waals surface area contributed by atoms with Crippen LogP contribution in [-0.2, 0) is 14.3 Å². The second-order valence-corrected chi connectivity index (χ2v) is 8.35. The summed E-state index contributed by atoms with van der Waals surface area (Å²) in [6.07, 6.45) is 1.58. The molecule has 2 unspecified atom stereocenters. The molecule has 4 heterocycles. The topological polar surface area (TPSA) is 82.8 Å². The Bertz CT molecular complexity index is 753. The lowest BCUT2D eigenvalue weighted by molar-refractivity contribution is -0.142. The SMILES string of the molecule is CN=C(NCC(c1ccc(C)o1)N1CCOCC1)N1CCN(C(=O)C2CCCO2)CC1.I. The van der Waals surface area contributed by atoms with E-state index in [0.717, 1.165) is 69.7 Å². The number of aliphatic imine (C=N–C) groups is 1. The van der Waals surface area contributed by atoms with Crippen molar-refractivity contribution < 1.29 is 18.7 Å². The Morgan fingerprint density at radius 2 is 1.84 bits per heavy atom. The Hall–Kier alpha value is -1.37. The molecule has 3 saturated heterocycles. The van der Waals surface area contributed by atoms with E-state index >= 15 is 0 Å². The molecule has 3 fully saturated rings. The summed E-state index contributed by atoms with van der Waals surface area (Å²) < 4.78 is 17.1. The summed E-state index contributed by atoms with van der Waals surface area (Å²) in [5.41, 5.74) is 0. The van der Waals surface area contributed by atoms with E-state index in [1.165, 1.54) is 0 Å². The van der Waals surface area contributed by atoms with Crippen LogP contribution in [-0.4, -0.2) is 105 Å². The van der Waals surface area contributed by atoms with Crippen molar-refractivity contribution in [2.45, 2.75) is 31.9 Å². The molecule has 3 aliphatic rings. The molecule has 1 aromatic heterocycles. The molecule has 0 aromatic carbocycles. The summed E-state index contributed by atoms with van der Waals surface area (Å²) in [7, 11) is 1.81. The summed E-state index contributed by atoms with van der Waals surface area (Å²) in [4.78, 5) is 23.7. The lowest BCUT2D eigenvalue weighted by Crippen LogP contribution is -2.56. The van der Waals surface area contributed by atoms with Crippen LogP contribution in [0, 0.1) is 6.92 Å². The van der Waals surface area contributed by atoms with Gasteiger partial charge in [0.05, 0.1) is 19.3 Å². The normalized spacial score (nSPS) is 23.7. The average molecular weight is 561 g/mol. The highest BCUT2D eigenvalue weighted by Crippen LogP contribution is 2.23. The minimum Gasteiger partial charge on any atom is -0.465 e. The van der Waals surface area contributed by atoms with Gasteiger partial charge in [-0.15, -0.1) is 24.0 Å². The number of nitrogens with zero attached hydrogens (tertiary/aromatic N) is 4. The van der Waals surface area contributed by atoms with Crippen LogP contribution in [0.25, 0.3) is 0 Å². The van der Waals surface area contributed by atoms with E-state index in [-0.39, 0.29) is 42.0 Å². The number of hydrogen-bond acceptors (Lipinski definition) is 6. The molecule has 0 aliphatic carbocycles. The van der Waals surface area contributed by atoms with Crippen molar-refractivity contribution in [3.63, 3.8) is 0 Å². The monoisotopic (exact) mass is 561 g/mol. The number of furan rings is 1. The standard InChI is InChI=1S/C22H35N5O4.HI/c1-17-5-6-19(31-17)18(25-11-14-29-15-12-25)16-24-22(23-2)27-9-7-26(8-10-27)21(28)20-4-3-13-30-20;/h5-6,18,20H,3-4,7-16H2,1-2H3,(H,23,24);1H. The number of ether oxygens (including phenoxy) is 2. The van der Waals surface area contributed by atoms with E-state index in [0.29, 0.717) is 26.2 Å². The van der Waals surface area contributed by atoms with Crippen LogP contribution in [0.2, 0.25) is 0 Å². The molecule has 32 heavy (non-hydrogen) atoms. The molecule has 10 heteroatoms. The van der Waals surface area contributed by atoms with Crippen LogP contribution >= 0.6 is 24.0 Å². The first-order chi connectivity index (χ1) is 15.2. The molecule has 3 aliphatic heterocycles. The van der Waals surface area contributed by atoms with Crippen molar-refractivity contribution in [3.05, 3.63) is 23.7 Å². The molecule has 1 amide bonds. The number of guanidine groups is 1. The first-order valence-corrected chi connectivity index (χ1v) is 11.4. The number of aryl methyl sites for hydroxylation is 1. The number of halogens is 1. The van der Waals surface area contributed by atoms with Gasteiger partial charge in [-0.25, -0.2) is 0 Å². The maximum absolute atomic E-state index is 12.6. The minimum absolute atomic E-state index is 0. The molecule has 1 aromatic rings. The minimum atomic E-state index is -0.241. The van der Waals surface area contributed by atoms with Crippen LogP contribution < -0.4 is 5.32 Å². The highest BCUT2D eigenvalue weighted by Gasteiger charge is 2.31. The van der Waals surface area contributed by atoms with Crippen molar-refractivity contribution in [2.75, 3.05) is 72.7 Å². The average Bonchev–Trinajstić information content (AvgIpc) is 3.49. The van der Waals surface area contributed by atoms with E-state index < -0.39 is 0 Å². The zero-order chi connectivity index (χ0) is 21.6. The van der Waals surface area contributed by atoms with Crippen LogP contribution in [0.15, 0.2) is 21.5 Å². The Labute approximate surface area is 207 Å². The summed E-state index contributed by atoms with van der Waals surface area (Å²) in [6.45, 7) is 9.55. The summed E-state index contributed by atoms with van der Waals surface area (Å²) in [5, 5.41) is 3.55. The number of carbonyl (C=O) groups is 1. The second kappa shape index (κ2) is 12.2. The summed E-state index contributed by atoms with van der Waals surface area (Å²) >= 11 is 0. The van der Waals surface area contributed by atoms with Gasteiger partial charge < -0.3 is 29.0 Å². The third-order valence-corrected chi connectivity index (χ3v) is 6.34. The largest absolute Gasteiger partial charge is 0.465 e. The fraction of sp³-hybridized carbons (Fsp3) is 0.727. The third kappa shape index (κ3) is 6.15. The lowest BCUT2D eigenvalue weighted by Gasteiger charge is -2.38. The van der Waals surface area contributed by atoms with Gasteiger partial charge in [-0.2, -0.15) is 0 Å². The first-order valence-electron chi connectivity index (χ1n) is 11.4. The first kappa shape index (κ1) is 25.3. The van der Waals surface area contributed by atoms with E-state index in [2.05, 4.69) is 26.2 Å². The molecule has 0 spiro atoms. The zero-order valence-electron chi connectivity index (χ0n) is 19.1. The van der Waals surface area contributed by atoms with Gasteiger partial charge in [0.15, 0.2) is 5.96 Å². The smallest absolute Gasteiger partial charge is 0.251 e. The lowest BCUT2D eigenvalue weighted by atomic mass is 10.1. The van der Waals surface area contributed by atoms with Crippen molar-refractivity contribution >= 4 is 35.8 Å². The van der Waals surface area contributed by atoms with Gasteiger partial charge in [-0.1, -0.05) is 0 Å². The van der Waals surface area contributed by atoms with Crippen molar-refractivity contribution in [3.8, 4) is 0 Å². The Kier molecular flexibility index (Phi) is 9.62. The Morgan fingerprint density at radius 3 is 2.44 bits per heavy atom. The zero-order valence-corrected chi connectivity index (χ0v) is 21.5. The van der Waals surface area contributed by atoms with E-state index in [9.17, 15) is 4.79 Å². The van der Waals surface area contributed by atoms with E-state index in [1.54, 1.807) is 0 Å². The molecule has 4 rings (SSSR count). The second-order valence-electron chi connectivity index (χ2n) is 8.35. The number of amides is 1. The number of nitrogens with one attached hydrogen (secondary N) is 1. The third-order valence-electron chi connectivity index (χ3n) is 6.34. The van der Waals surface area contributed by atoms with Crippen LogP contribution in [0.1, 0.15) is 30.4 Å². The van der Waals surface area contributed by atoms with Crippen molar-refractivity contribution in [1.29, 1.82) is 0 Å². The van der Waals surface area contributed by atoms with Gasteiger partial charge in [0, 0.05) is 59.5 Å². The Morgan fingerprint density at radius 1 is 1.12 bits per heavy atom. The quantitative estimate of drug-likeness (QED) is 0.332. The maximum Gasteiger partial charge on any atom is 0.251 e. The molecular formula is C22H36IN5O4. The molecule has 1 N–H and O–H groups in total. The highest BCUT2D eigenvalue weighted by atomic mass is 127. The van der Waals surface area contributed by atoms with E-state index in [4.69, 9.17) is 13.9 Å². The number of morpholine rings is 1. The Balaban J connectivity index is 0.00000289. The van der Waals surface area contributed by atoms with Crippen molar-refractivity contribution in [2.24, 2.45) is 4.99 Å². The van der Waals surface area contributed by atoms with E-state index in [1.807, 2.05) is 24.9 Å². The fourth-order valence-electron chi connectivity index (χ4n) is 4.57. The van der Waals surface area contributed by atoms with Crippen molar-refractivity contribution in [1.82, 2.24) is 20.0 Å². The van der Waals surface area contributed by atoms with Gasteiger partial charge in [0.25, 0.3) is 5.91 Å². The molecule has 0 radical (unpaired) electrons. The molecule has 0 saturated carbocycles. The number of carbonyl (C=O) groups excluding carboxylic acids is 1. The van der Waals surface area contributed by atoms with Gasteiger partial charge in [-0.3, -0.25) is 14.7 Å². The van der Waals surface area contributed by atoms with Crippen LogP contribution in [0.5, 0.6) is 0 Å². The maximum atomic E-state index is 12.6. The summed E-state index contributed by atoms with van der Waals surface area (Å²) in [5.74, 6) is 2.89. The number of hydrogen-bond donors (Lipinski definition) is 1. The van der Waals surface area contributed by atoms with Gasteiger partial charge in [-0.05, 0) is 31.9 Å². The summed E-state index contributed by atoms with van der Waals surface area (Å²) in [6, 6.07) is 4.20. The number of rotatable bonds is 5. The fourth-order valence-corrected chi connectivity index (χ4v) is 4.57. The van der Waals surface area contributed by atoms with Crippen LogP contribution in [0.3, 0.4) is 0 Å². The molecule has 2 atom stereocenters. The highest BCUT2D eigenvalue weighted by molar-refractivity contribution is 14.0. The predicted octanol–water partition coefficient (Wildman–Crippen LogP) is 1.48. The van der Waals surface area contributed by atoms with Gasteiger partial charge >= 0.3 is 0 Å². The number of piperazine rings is 1. The molecule has 0 bridgehead atoms. The molecule has 180 valence electrons. The van der Waals surface area contributed by atoms with Crippen LogP contribution in [0.4, 0.5) is 0 Å². The van der Waals surface area contributed by atoms with Gasteiger partial charge in [0.1, 0.15) is 17.6 Å². The van der Waals surface area contributed by atoms with Gasteiger partial charge in [0.2, 0.25) is 0 Å². The predicted molar refractivity (Wildman–Crippen MR) is 132 cm³/mol. The molecular weight excluding hydrogens is 525 g/mol. The molecule has 9 nitrogen and oxygen atoms in total.